The van der Waals surface area contributed by atoms with Gasteiger partial charge in [-0.05, 0) is 31.4 Å². The SMILES string of the molecule is OCCCCCCNC1CCN(Cc2ccccc2)C1. The first kappa shape index (κ1) is 15.5. The second-order valence-corrected chi connectivity index (χ2v) is 5.80. The van der Waals surface area contributed by atoms with Crippen LogP contribution in [0, 0.1) is 0 Å². The molecular weight excluding hydrogens is 248 g/mol. The molecule has 0 bridgehead atoms. The first-order chi connectivity index (χ1) is 9.88. The molecule has 2 N–H and O–H groups in total. The highest BCUT2D eigenvalue weighted by atomic mass is 16.2. The van der Waals surface area contributed by atoms with Gasteiger partial charge < -0.3 is 10.4 Å². The Bertz CT molecular complexity index is 355. The molecule has 0 aliphatic carbocycles. The predicted molar refractivity (Wildman–Crippen MR) is 83.7 cm³/mol. The molecule has 20 heavy (non-hydrogen) atoms. The molecule has 0 saturated carbocycles. The van der Waals surface area contributed by atoms with E-state index in [-0.39, 0.29) is 0 Å². The number of hydrogen-bond acceptors (Lipinski definition) is 3. The average molecular weight is 276 g/mol. The van der Waals surface area contributed by atoms with Crippen molar-refractivity contribution in [1.29, 1.82) is 0 Å². The van der Waals surface area contributed by atoms with E-state index in [9.17, 15) is 0 Å². The van der Waals surface area contributed by atoms with Gasteiger partial charge in [0.15, 0.2) is 0 Å². The molecule has 0 radical (unpaired) electrons. The highest BCUT2D eigenvalue weighted by molar-refractivity contribution is 5.14. The number of nitrogens with zero attached hydrogens (tertiary/aromatic N) is 1. The van der Waals surface area contributed by atoms with Gasteiger partial charge in [-0.25, -0.2) is 0 Å². The Labute approximate surface area is 123 Å². The van der Waals surface area contributed by atoms with Gasteiger partial charge in [-0.15, -0.1) is 0 Å². The Hall–Kier alpha value is -0.900. The lowest BCUT2D eigenvalue weighted by Crippen LogP contribution is -2.33. The van der Waals surface area contributed by atoms with Crippen LogP contribution in [0.5, 0.6) is 0 Å². The van der Waals surface area contributed by atoms with Crippen LogP contribution in [-0.2, 0) is 6.54 Å². The molecule has 2 rings (SSSR count). The molecule has 3 heteroatoms. The van der Waals surface area contributed by atoms with Crippen molar-refractivity contribution in [2.75, 3.05) is 26.2 Å². The Morgan fingerprint density at radius 3 is 2.70 bits per heavy atom. The molecule has 1 aliphatic rings. The zero-order chi connectivity index (χ0) is 14.0. The molecule has 1 fully saturated rings. The summed E-state index contributed by atoms with van der Waals surface area (Å²) in [6.45, 7) is 4.91. The maximum absolute atomic E-state index is 8.72. The number of benzene rings is 1. The summed E-state index contributed by atoms with van der Waals surface area (Å²) in [6.07, 6.45) is 5.84. The number of unbranched alkanes of at least 4 members (excludes halogenated alkanes) is 3. The maximum Gasteiger partial charge on any atom is 0.0431 e. The molecule has 1 aliphatic heterocycles. The molecule has 1 atom stereocenters. The summed E-state index contributed by atoms with van der Waals surface area (Å²) < 4.78 is 0. The van der Waals surface area contributed by atoms with E-state index in [1.54, 1.807) is 0 Å². The number of aliphatic hydroxyl groups excluding tert-OH is 1. The van der Waals surface area contributed by atoms with Crippen molar-refractivity contribution in [3.8, 4) is 0 Å². The van der Waals surface area contributed by atoms with Crippen LogP contribution in [-0.4, -0.2) is 42.3 Å². The molecule has 1 aromatic rings. The lowest BCUT2D eigenvalue weighted by Gasteiger charge is -2.16. The van der Waals surface area contributed by atoms with Crippen molar-refractivity contribution in [2.45, 2.75) is 44.7 Å². The van der Waals surface area contributed by atoms with Gasteiger partial charge in [0.05, 0.1) is 0 Å². The van der Waals surface area contributed by atoms with E-state index in [0.717, 1.165) is 25.9 Å². The van der Waals surface area contributed by atoms with Gasteiger partial charge in [-0.3, -0.25) is 4.90 Å². The number of hydrogen-bond donors (Lipinski definition) is 2. The maximum atomic E-state index is 8.72. The van der Waals surface area contributed by atoms with Gasteiger partial charge in [0.2, 0.25) is 0 Å². The van der Waals surface area contributed by atoms with Gasteiger partial charge >= 0.3 is 0 Å². The molecule has 112 valence electrons. The molecule has 1 heterocycles. The second kappa shape index (κ2) is 9.11. The highest BCUT2D eigenvalue weighted by Crippen LogP contribution is 2.13. The molecule has 0 amide bonds. The van der Waals surface area contributed by atoms with Crippen LogP contribution in [0.3, 0.4) is 0 Å². The van der Waals surface area contributed by atoms with Crippen LogP contribution in [0.2, 0.25) is 0 Å². The summed E-state index contributed by atoms with van der Waals surface area (Å²) in [5, 5.41) is 12.4. The summed E-state index contributed by atoms with van der Waals surface area (Å²) in [7, 11) is 0. The third-order valence-corrected chi connectivity index (χ3v) is 4.04. The van der Waals surface area contributed by atoms with Crippen LogP contribution < -0.4 is 5.32 Å². The topological polar surface area (TPSA) is 35.5 Å². The summed E-state index contributed by atoms with van der Waals surface area (Å²) in [4.78, 5) is 2.54. The highest BCUT2D eigenvalue weighted by Gasteiger charge is 2.21. The monoisotopic (exact) mass is 276 g/mol. The van der Waals surface area contributed by atoms with Crippen LogP contribution in [0.25, 0.3) is 0 Å². The van der Waals surface area contributed by atoms with E-state index in [0.29, 0.717) is 12.6 Å². The predicted octanol–water partition coefficient (Wildman–Crippen LogP) is 2.40. The van der Waals surface area contributed by atoms with Gasteiger partial charge in [-0.2, -0.15) is 0 Å². The number of likely N-dealkylation sites (tertiary alicyclic amines) is 1. The van der Waals surface area contributed by atoms with E-state index in [1.807, 2.05) is 0 Å². The van der Waals surface area contributed by atoms with E-state index >= 15 is 0 Å². The largest absolute Gasteiger partial charge is 0.396 e. The molecule has 1 saturated heterocycles. The fourth-order valence-corrected chi connectivity index (χ4v) is 2.88. The second-order valence-electron chi connectivity index (χ2n) is 5.80. The van der Waals surface area contributed by atoms with Crippen molar-refractivity contribution in [3.63, 3.8) is 0 Å². The molecular formula is C17H28N2O. The minimum absolute atomic E-state index is 0.338. The molecule has 3 nitrogen and oxygen atoms in total. The van der Waals surface area contributed by atoms with Crippen LogP contribution >= 0.6 is 0 Å². The summed E-state index contributed by atoms with van der Waals surface area (Å²) in [6, 6.07) is 11.4. The number of rotatable bonds is 9. The molecule has 1 aromatic carbocycles. The Kier molecular flexibility index (Phi) is 7.06. The molecule has 0 spiro atoms. The minimum Gasteiger partial charge on any atom is -0.396 e. The van der Waals surface area contributed by atoms with Crippen molar-refractivity contribution < 1.29 is 5.11 Å². The Morgan fingerprint density at radius 2 is 1.90 bits per heavy atom. The summed E-state index contributed by atoms with van der Waals surface area (Å²) in [5.74, 6) is 0. The third-order valence-electron chi connectivity index (χ3n) is 4.04. The van der Waals surface area contributed by atoms with Gasteiger partial charge in [-0.1, -0.05) is 43.2 Å². The van der Waals surface area contributed by atoms with Crippen molar-refractivity contribution in [2.24, 2.45) is 0 Å². The van der Waals surface area contributed by atoms with Gasteiger partial charge in [0.25, 0.3) is 0 Å². The number of aliphatic hydroxyl groups is 1. The zero-order valence-corrected chi connectivity index (χ0v) is 12.4. The summed E-state index contributed by atoms with van der Waals surface area (Å²) >= 11 is 0. The van der Waals surface area contributed by atoms with Gasteiger partial charge in [0, 0.05) is 32.3 Å². The lowest BCUT2D eigenvalue weighted by molar-refractivity contribution is 0.282. The fraction of sp³-hybridized carbons (Fsp3) is 0.647. The quantitative estimate of drug-likeness (QED) is 0.680. The average Bonchev–Trinajstić information content (AvgIpc) is 2.91. The molecule has 1 unspecified atom stereocenters. The van der Waals surface area contributed by atoms with Crippen molar-refractivity contribution in [1.82, 2.24) is 10.2 Å². The third kappa shape index (κ3) is 5.61. The first-order valence-electron chi connectivity index (χ1n) is 7.99. The molecule has 0 aromatic heterocycles. The first-order valence-corrected chi connectivity index (χ1v) is 7.99. The normalized spacial score (nSPS) is 19.6. The summed E-state index contributed by atoms with van der Waals surface area (Å²) in [5.41, 5.74) is 1.41. The lowest BCUT2D eigenvalue weighted by atomic mass is 10.2. The van der Waals surface area contributed by atoms with E-state index < -0.39 is 0 Å². The standard InChI is InChI=1S/C17H28N2O/c20-13-7-2-1-6-11-18-17-10-12-19(15-17)14-16-8-4-3-5-9-16/h3-5,8-9,17-18,20H,1-2,6-7,10-15H2. The zero-order valence-electron chi connectivity index (χ0n) is 12.4. The smallest absolute Gasteiger partial charge is 0.0431 e. The Balaban J connectivity index is 1.56. The van der Waals surface area contributed by atoms with E-state index in [2.05, 4.69) is 40.5 Å². The van der Waals surface area contributed by atoms with Crippen LogP contribution in [0.1, 0.15) is 37.7 Å². The number of nitrogens with one attached hydrogen (secondary N) is 1. The van der Waals surface area contributed by atoms with Gasteiger partial charge in [0.1, 0.15) is 0 Å². The minimum atomic E-state index is 0.338. The Morgan fingerprint density at radius 1 is 1.10 bits per heavy atom. The fourth-order valence-electron chi connectivity index (χ4n) is 2.88. The van der Waals surface area contributed by atoms with Crippen LogP contribution in [0.15, 0.2) is 30.3 Å². The van der Waals surface area contributed by atoms with Crippen molar-refractivity contribution >= 4 is 0 Å². The van der Waals surface area contributed by atoms with E-state index in [4.69, 9.17) is 5.11 Å². The van der Waals surface area contributed by atoms with E-state index in [1.165, 1.54) is 37.9 Å². The van der Waals surface area contributed by atoms with Crippen molar-refractivity contribution in [3.05, 3.63) is 35.9 Å². The van der Waals surface area contributed by atoms with Crippen LogP contribution in [0.4, 0.5) is 0 Å².